The number of amides is 3. The van der Waals surface area contributed by atoms with Crippen LogP contribution >= 0.6 is 0 Å². The van der Waals surface area contributed by atoms with Crippen molar-refractivity contribution in [2.75, 3.05) is 85.6 Å². The van der Waals surface area contributed by atoms with E-state index in [1.807, 2.05) is 33.0 Å². The van der Waals surface area contributed by atoms with Gasteiger partial charge in [-0.15, -0.1) is 15.7 Å². The lowest BCUT2D eigenvalue weighted by Gasteiger charge is -2.42. The van der Waals surface area contributed by atoms with Gasteiger partial charge in [0.25, 0.3) is 0 Å². The molecule has 3 amide bonds. The molecule has 21 N–H and O–H groups in total. The molecule has 40 heteroatoms. The van der Waals surface area contributed by atoms with Crippen molar-refractivity contribution in [3.8, 4) is 0 Å². The number of nitrogens with one attached hydrogen (secondary N) is 5. The van der Waals surface area contributed by atoms with Crippen LogP contribution in [0.15, 0.2) is 36.2 Å². The second kappa shape index (κ2) is 47.6. The summed E-state index contributed by atoms with van der Waals surface area (Å²) in [6.45, 7) is 15.8. The van der Waals surface area contributed by atoms with Crippen LogP contribution in [0.5, 0.6) is 0 Å². The van der Waals surface area contributed by atoms with Crippen molar-refractivity contribution in [3.05, 3.63) is 47.6 Å². The number of rotatable bonds is 50. The Kier molecular flexibility index (Phi) is 39.7. The van der Waals surface area contributed by atoms with Crippen LogP contribution in [-0.2, 0) is 78.5 Å². The minimum Gasteiger partial charge on any atom is -0.400 e. The second-order valence-corrected chi connectivity index (χ2v) is 31.1. The first-order valence-electron chi connectivity index (χ1n) is 39.5. The molecular weight excluding hydrogens is 1470 g/mol. The number of hydrogen-bond donors (Lipinski definition) is 19. The molecule has 4 fully saturated rings. The number of aromatic nitrogens is 6. The van der Waals surface area contributed by atoms with E-state index in [-0.39, 0.29) is 31.3 Å². The highest BCUT2D eigenvalue weighted by molar-refractivity contribution is 5.74. The van der Waals surface area contributed by atoms with Gasteiger partial charge in [0.05, 0.1) is 49.6 Å². The minimum absolute atomic E-state index is 0.0360. The van der Waals surface area contributed by atoms with Crippen LogP contribution in [0.4, 0.5) is 0 Å². The van der Waals surface area contributed by atoms with Crippen LogP contribution in [0.25, 0.3) is 0 Å². The zero-order chi connectivity index (χ0) is 81.6. The first kappa shape index (κ1) is 93.6. The topological polar surface area (TPSA) is 554 Å². The molecule has 5 aliphatic heterocycles. The van der Waals surface area contributed by atoms with E-state index >= 15 is 0 Å². The van der Waals surface area contributed by atoms with Gasteiger partial charge in [-0.3, -0.25) is 38.6 Å². The Hall–Kier alpha value is -5.59. The third-order valence-corrected chi connectivity index (χ3v) is 20.6. The highest BCUT2D eigenvalue weighted by Gasteiger charge is 2.49. The molecule has 0 radical (unpaired) electrons. The number of nitrogens with zero attached hydrogens (tertiary/aromatic N) is 10. The van der Waals surface area contributed by atoms with Crippen LogP contribution in [0.1, 0.15) is 156 Å². The normalized spacial score (nSPS) is 29.5. The maximum Gasteiger partial charge on any atom is 0.217 e. The summed E-state index contributed by atoms with van der Waals surface area (Å²) >= 11 is 0. The lowest BCUT2D eigenvalue weighted by molar-refractivity contribution is -0.282. The average molecular weight is 1600 g/mol. The van der Waals surface area contributed by atoms with Crippen molar-refractivity contribution in [2.45, 2.75) is 294 Å². The van der Waals surface area contributed by atoms with Crippen LogP contribution in [0, 0.1) is 11.3 Å². The SMILES string of the molecule is CC(=O)N[C@H]1[C@H](OCCCCCN(N)/C=C(\N)CN(Cc2cn(CCCCCO[C@@H]3O[C@H](CO)[C@H](O)[C@H](O)[C@H]3C)nn2)C(CCCCN(CC2=CN(CCCCCO[C@@H]3O[C@H](CO)[C@H](O)[C@H](O)[C@H]3NC(C)=O)NN2)Cc2cn(CCCCCO[C@@H]3O[C@H](CO)[C@H](O)[C@H](O)[C@H]3NC(C)=O)nn2)C(C)(C)C)O[C@H](CO)[C@H](O)[C@@H]1O. The molecule has 2 aromatic heterocycles. The van der Waals surface area contributed by atoms with Crippen molar-refractivity contribution < 1.29 is 114 Å². The van der Waals surface area contributed by atoms with Gasteiger partial charge in [0.15, 0.2) is 25.2 Å². The Bertz CT molecular complexity index is 3110. The van der Waals surface area contributed by atoms with Gasteiger partial charge in [-0.2, -0.15) is 0 Å². The van der Waals surface area contributed by atoms with Gasteiger partial charge in [0, 0.05) is 142 Å². The zero-order valence-corrected chi connectivity index (χ0v) is 66.0. The van der Waals surface area contributed by atoms with E-state index < -0.39 is 167 Å². The smallest absolute Gasteiger partial charge is 0.217 e. The molecule has 0 spiro atoms. The first-order valence-corrected chi connectivity index (χ1v) is 39.5. The zero-order valence-electron chi connectivity index (χ0n) is 66.0. The number of aryl methyl sites for hydroxylation is 2. The molecule has 7 heterocycles. The quantitative estimate of drug-likeness (QED) is 0.0169. The Labute approximate surface area is 655 Å². The molecule has 0 aromatic carbocycles. The van der Waals surface area contributed by atoms with E-state index in [9.17, 15) is 75.7 Å². The van der Waals surface area contributed by atoms with Crippen LogP contribution < -0.4 is 38.5 Å². The van der Waals surface area contributed by atoms with Gasteiger partial charge in [-0.1, -0.05) is 44.5 Å². The summed E-state index contributed by atoms with van der Waals surface area (Å²) in [5.74, 6) is 4.80. The summed E-state index contributed by atoms with van der Waals surface area (Å²) in [6.07, 6.45) is -0.586. The molecule has 0 bridgehead atoms. The molecule has 1 unspecified atom stereocenters. The van der Waals surface area contributed by atoms with Crippen molar-refractivity contribution >= 4 is 17.7 Å². The highest BCUT2D eigenvalue weighted by Crippen LogP contribution is 2.32. The van der Waals surface area contributed by atoms with E-state index in [0.29, 0.717) is 110 Å². The van der Waals surface area contributed by atoms with Gasteiger partial charge in [0.2, 0.25) is 17.7 Å². The van der Waals surface area contributed by atoms with Crippen molar-refractivity contribution in [1.82, 2.24) is 76.7 Å². The van der Waals surface area contributed by atoms with Gasteiger partial charge >= 0.3 is 0 Å². The Morgan fingerprint density at radius 2 is 0.946 bits per heavy atom. The summed E-state index contributed by atoms with van der Waals surface area (Å²) in [6, 6.07) is -3.14. The average Bonchev–Trinajstić information content (AvgIpc) is 0.838. The number of carbonyl (C=O) groups excluding carboxylic acids is 3. The van der Waals surface area contributed by atoms with Gasteiger partial charge in [-0.25, -0.2) is 5.84 Å². The molecule has 5 aliphatic rings. The number of carbonyl (C=O) groups is 3. The summed E-state index contributed by atoms with van der Waals surface area (Å²) < 4.78 is 50.2. The molecule has 2 aromatic rings. The highest BCUT2D eigenvalue weighted by atomic mass is 16.7. The monoisotopic (exact) mass is 1600 g/mol. The third kappa shape index (κ3) is 29.5. The molecule has 0 saturated carbocycles. The van der Waals surface area contributed by atoms with Crippen LogP contribution in [0.3, 0.4) is 0 Å². The van der Waals surface area contributed by atoms with E-state index in [1.165, 1.54) is 20.8 Å². The molecule has 21 atom stereocenters. The molecule has 40 nitrogen and oxygen atoms in total. The maximum absolute atomic E-state index is 11.9. The van der Waals surface area contributed by atoms with E-state index in [2.05, 4.69) is 78.1 Å². The standard InChI is InChI=1S/C72H131N17O23/c1-44-60(97)61(98)52(40-90)109-68(44)105-28-19-9-14-27-89-39-51(80-83-89)36-85(32-48(73)33-86(74)24-13-8-18-29-106-69-57(75-45(2)94)65(102)62(99)53(41-91)110-69)56(72(5,6)7)22-12-17-23-84(34-49-37-87(81-78-49)25-15-10-20-30-107-70-58(76-46(3)95)66(103)63(100)54(42-92)111-70)35-50-38-88(82-79-50)26-16-11-21-31-108-71-59(77-47(4)96)67(104)64(101)55(43-93)112-71/h33,37-39,44,52-71,78,81,90-93,97-104H,8-32,34-36,40-43,73-74H2,1-7H3,(H,75,94)(H,76,95)(H,77,96)/b48-33-/t44-,52-,53-,54-,55-,56?,57-,58-,59-,60-,61+,62+,63+,64+,65-,66-,67-,68-,69-,70-,71-/m1/s1. The van der Waals surface area contributed by atoms with E-state index in [0.717, 1.165) is 74.9 Å². The molecule has 112 heavy (non-hydrogen) atoms. The molecule has 7 rings (SSSR count). The third-order valence-electron chi connectivity index (χ3n) is 20.6. The fourth-order valence-electron chi connectivity index (χ4n) is 14.5. The molecule has 642 valence electrons. The lowest BCUT2D eigenvalue weighted by atomic mass is 9.82. The fraction of sp³-hybridized carbons (Fsp3) is 0.847. The summed E-state index contributed by atoms with van der Waals surface area (Å²) in [7, 11) is 0. The molecular formula is C72H131N17O23. The summed E-state index contributed by atoms with van der Waals surface area (Å²) in [5, 5.41) is 153. The number of unbranched alkanes of at least 4 members (excludes halogenated alkanes) is 9. The van der Waals surface area contributed by atoms with Crippen LogP contribution in [-0.4, -0.2) is 337 Å². The molecule has 4 saturated heterocycles. The predicted molar refractivity (Wildman–Crippen MR) is 399 cm³/mol. The number of aliphatic hydroxyl groups is 12. The van der Waals surface area contributed by atoms with Gasteiger partial charge in [0.1, 0.15) is 85.3 Å². The number of nitrogens with two attached hydrogens (primary N) is 2. The Morgan fingerprint density at radius 3 is 1.38 bits per heavy atom. The lowest BCUT2D eigenvalue weighted by Crippen LogP contribution is -2.64. The Morgan fingerprint density at radius 1 is 0.545 bits per heavy atom. The number of hydrogen-bond acceptors (Lipinski definition) is 35. The minimum atomic E-state index is -1.43. The van der Waals surface area contributed by atoms with Gasteiger partial charge < -0.3 is 131 Å². The number of ether oxygens (including phenoxy) is 8. The number of aliphatic hydroxyl groups excluding tert-OH is 12. The molecule has 0 aliphatic carbocycles. The van der Waals surface area contributed by atoms with Crippen molar-refractivity contribution in [1.29, 1.82) is 0 Å². The van der Waals surface area contributed by atoms with Crippen molar-refractivity contribution in [3.63, 3.8) is 0 Å². The van der Waals surface area contributed by atoms with Gasteiger partial charge in [-0.05, 0) is 102 Å². The first-order chi connectivity index (χ1) is 53.5. The Balaban J connectivity index is 0.983. The van der Waals surface area contributed by atoms with Crippen molar-refractivity contribution in [2.24, 2.45) is 22.9 Å². The predicted octanol–water partition coefficient (Wildman–Crippen LogP) is -4.45. The maximum atomic E-state index is 11.9. The second-order valence-electron chi connectivity index (χ2n) is 31.1. The van der Waals surface area contributed by atoms with E-state index in [4.69, 9.17) is 49.5 Å². The van der Waals surface area contributed by atoms with Crippen LogP contribution in [0.2, 0.25) is 0 Å². The number of hydrazine groups is 3. The fourth-order valence-corrected chi connectivity index (χ4v) is 14.5. The summed E-state index contributed by atoms with van der Waals surface area (Å²) in [5.41, 5.74) is 16.3. The largest absolute Gasteiger partial charge is 0.400 e. The van der Waals surface area contributed by atoms with E-state index in [1.54, 1.807) is 18.1 Å². The summed E-state index contributed by atoms with van der Waals surface area (Å²) in [4.78, 5) is 40.5.